The van der Waals surface area contributed by atoms with Crippen molar-refractivity contribution in [3.63, 3.8) is 0 Å². The summed E-state index contributed by atoms with van der Waals surface area (Å²) in [5, 5.41) is 8.40. The molecule has 5 nitrogen and oxygen atoms in total. The van der Waals surface area contributed by atoms with Gasteiger partial charge in [-0.05, 0) is 49.2 Å². The van der Waals surface area contributed by atoms with Crippen molar-refractivity contribution in [2.75, 3.05) is 18.2 Å². The van der Waals surface area contributed by atoms with E-state index in [1.54, 1.807) is 23.6 Å². The molecule has 0 bridgehead atoms. The molecule has 0 aliphatic carbocycles. The number of methoxy groups -OCH3 is 1. The molecule has 0 radical (unpaired) electrons. The number of carbonyl (C=O) groups is 1. The molecule has 0 saturated heterocycles. The minimum atomic E-state index is -0.0454. The molecule has 28 heavy (non-hydrogen) atoms. The minimum absolute atomic E-state index is 0.0290. The van der Waals surface area contributed by atoms with Crippen molar-refractivity contribution in [1.29, 1.82) is 0 Å². The number of thioether (sulfide) groups is 1. The number of benzene rings is 2. The van der Waals surface area contributed by atoms with E-state index in [4.69, 9.17) is 21.4 Å². The minimum Gasteiger partial charge on any atom is -0.497 e. The third kappa shape index (κ3) is 3.38. The predicted molar refractivity (Wildman–Crippen MR) is 114 cm³/mol. The molecular weight excluding hydrogens is 394 g/mol. The van der Waals surface area contributed by atoms with Crippen LogP contribution in [0.5, 0.6) is 5.75 Å². The molecule has 3 aromatic rings. The van der Waals surface area contributed by atoms with Crippen molar-refractivity contribution in [2.24, 2.45) is 0 Å². The highest BCUT2D eigenvalue weighted by atomic mass is 35.5. The topological polar surface area (TPSA) is 56.1 Å². The maximum absolute atomic E-state index is 12.4. The smallest absolute Gasteiger partial charge is 0.235 e. The second-order valence-corrected chi connectivity index (χ2v) is 8.21. The Kier molecular flexibility index (Phi) is 5.08. The zero-order valence-corrected chi connectivity index (χ0v) is 17.4. The first-order valence-corrected chi connectivity index (χ1v) is 10.3. The number of aryl methyl sites for hydroxylation is 2. The molecule has 2 heterocycles. The van der Waals surface area contributed by atoms with Crippen LogP contribution in [0.1, 0.15) is 27.6 Å². The fourth-order valence-corrected chi connectivity index (χ4v) is 4.70. The van der Waals surface area contributed by atoms with Gasteiger partial charge in [-0.15, -0.1) is 11.8 Å². The van der Waals surface area contributed by atoms with Gasteiger partial charge in [-0.25, -0.2) is 4.68 Å². The van der Waals surface area contributed by atoms with Gasteiger partial charge in [0.1, 0.15) is 11.6 Å². The van der Waals surface area contributed by atoms with Crippen LogP contribution in [0.25, 0.3) is 5.69 Å². The van der Waals surface area contributed by atoms with Crippen molar-refractivity contribution in [3.05, 3.63) is 69.9 Å². The lowest BCUT2D eigenvalue weighted by molar-refractivity contribution is -0.113. The number of nitrogens with one attached hydrogen (secondary N) is 1. The summed E-state index contributed by atoms with van der Waals surface area (Å²) >= 11 is 7.91. The molecule has 0 spiro atoms. The highest BCUT2D eigenvalue weighted by molar-refractivity contribution is 8.00. The van der Waals surface area contributed by atoms with E-state index < -0.39 is 0 Å². The zero-order chi connectivity index (χ0) is 19.8. The molecular formula is C21H20ClN3O2S. The molecule has 1 atom stereocenters. The lowest BCUT2D eigenvalue weighted by Crippen LogP contribution is -2.15. The Balaban J connectivity index is 1.88. The monoisotopic (exact) mass is 413 g/mol. The number of anilines is 1. The Morgan fingerprint density at radius 3 is 2.82 bits per heavy atom. The third-order valence-corrected chi connectivity index (χ3v) is 6.48. The summed E-state index contributed by atoms with van der Waals surface area (Å²) in [6.45, 7) is 3.93. The van der Waals surface area contributed by atoms with E-state index in [9.17, 15) is 4.79 Å². The molecule has 4 rings (SSSR count). The SMILES string of the molecule is COc1cccc([C@@H]2SCC(=O)Nc3c2c(C)nn3-c2ccc(C)c(Cl)c2)c1. The van der Waals surface area contributed by atoms with Crippen LogP contribution in [-0.4, -0.2) is 28.6 Å². The van der Waals surface area contributed by atoms with Crippen molar-refractivity contribution in [1.82, 2.24) is 9.78 Å². The fraction of sp³-hybridized carbons (Fsp3) is 0.238. The molecule has 1 amide bonds. The Labute approximate surface area is 173 Å². The number of hydrogen-bond acceptors (Lipinski definition) is 4. The van der Waals surface area contributed by atoms with Crippen molar-refractivity contribution < 1.29 is 9.53 Å². The molecule has 0 fully saturated rings. The number of nitrogens with zero attached hydrogens (tertiary/aromatic N) is 2. The van der Waals surface area contributed by atoms with Crippen LogP contribution in [0.3, 0.4) is 0 Å². The van der Waals surface area contributed by atoms with Crippen molar-refractivity contribution in [2.45, 2.75) is 19.1 Å². The largest absolute Gasteiger partial charge is 0.497 e. The average Bonchev–Trinajstić information content (AvgIpc) is 2.89. The molecule has 144 valence electrons. The van der Waals surface area contributed by atoms with E-state index >= 15 is 0 Å². The van der Waals surface area contributed by atoms with Crippen molar-refractivity contribution in [3.8, 4) is 11.4 Å². The number of amides is 1. The summed E-state index contributed by atoms with van der Waals surface area (Å²) in [5.74, 6) is 1.81. The standard InChI is InChI=1S/C21H20ClN3O2S/c1-12-7-8-15(10-17(12)22)25-21-19(13(2)24-25)20(28-11-18(26)23-21)14-5-4-6-16(9-14)27-3/h4-10,20H,11H2,1-3H3,(H,23,26)/t20-/m0/s1. The van der Waals surface area contributed by atoms with E-state index in [1.807, 2.05) is 50.2 Å². The first kappa shape index (κ1) is 18.9. The zero-order valence-electron chi connectivity index (χ0n) is 15.8. The van der Waals surface area contributed by atoms with Crippen LogP contribution in [0.2, 0.25) is 5.02 Å². The summed E-state index contributed by atoms with van der Waals surface area (Å²) < 4.78 is 7.16. The van der Waals surface area contributed by atoms with Crippen LogP contribution in [0, 0.1) is 13.8 Å². The van der Waals surface area contributed by atoms with E-state index in [0.717, 1.165) is 33.8 Å². The summed E-state index contributed by atoms with van der Waals surface area (Å²) in [7, 11) is 1.65. The van der Waals surface area contributed by atoms with Crippen LogP contribution in [0.15, 0.2) is 42.5 Å². The number of rotatable bonds is 3. The van der Waals surface area contributed by atoms with E-state index in [2.05, 4.69) is 11.4 Å². The molecule has 1 aliphatic heterocycles. The lowest BCUT2D eigenvalue weighted by atomic mass is 10.0. The number of hydrogen-bond donors (Lipinski definition) is 1. The second kappa shape index (κ2) is 7.53. The molecule has 1 N–H and O–H groups in total. The number of fused-ring (bicyclic) bond motifs is 1. The Morgan fingerprint density at radius 2 is 2.07 bits per heavy atom. The molecule has 1 aliphatic rings. The van der Waals surface area contributed by atoms with E-state index in [0.29, 0.717) is 16.6 Å². The van der Waals surface area contributed by atoms with E-state index in [-0.39, 0.29) is 11.2 Å². The maximum Gasteiger partial charge on any atom is 0.235 e. The number of carbonyl (C=O) groups excluding carboxylic acids is 1. The van der Waals surface area contributed by atoms with Crippen LogP contribution in [0.4, 0.5) is 5.82 Å². The highest BCUT2D eigenvalue weighted by Gasteiger charge is 2.30. The molecule has 1 aromatic heterocycles. The van der Waals surface area contributed by atoms with Crippen LogP contribution in [-0.2, 0) is 4.79 Å². The lowest BCUT2D eigenvalue weighted by Gasteiger charge is -2.16. The van der Waals surface area contributed by atoms with Gasteiger partial charge in [0.05, 0.1) is 29.5 Å². The maximum atomic E-state index is 12.4. The first-order chi connectivity index (χ1) is 13.5. The highest BCUT2D eigenvalue weighted by Crippen LogP contribution is 2.44. The van der Waals surface area contributed by atoms with Gasteiger partial charge in [0.25, 0.3) is 0 Å². The van der Waals surface area contributed by atoms with E-state index in [1.165, 1.54) is 0 Å². The van der Waals surface area contributed by atoms with Crippen LogP contribution >= 0.6 is 23.4 Å². The third-order valence-electron chi connectivity index (χ3n) is 4.80. The van der Waals surface area contributed by atoms with Gasteiger partial charge in [0.15, 0.2) is 0 Å². The number of aromatic nitrogens is 2. The Bertz CT molecular complexity index is 1060. The summed E-state index contributed by atoms with van der Waals surface area (Å²) in [6, 6.07) is 13.7. The summed E-state index contributed by atoms with van der Waals surface area (Å²) in [6.07, 6.45) is 0. The van der Waals surface area contributed by atoms with Crippen LogP contribution < -0.4 is 10.1 Å². The number of halogens is 1. The normalized spacial score (nSPS) is 16.3. The van der Waals surface area contributed by atoms with Gasteiger partial charge >= 0.3 is 0 Å². The summed E-state index contributed by atoms with van der Waals surface area (Å²) in [4.78, 5) is 12.4. The quantitative estimate of drug-likeness (QED) is 0.661. The van der Waals surface area contributed by atoms with Gasteiger partial charge < -0.3 is 10.1 Å². The molecule has 7 heteroatoms. The van der Waals surface area contributed by atoms with Gasteiger partial charge in [0.2, 0.25) is 5.91 Å². The Morgan fingerprint density at radius 1 is 1.25 bits per heavy atom. The van der Waals surface area contributed by atoms with Gasteiger partial charge in [-0.3, -0.25) is 4.79 Å². The summed E-state index contributed by atoms with van der Waals surface area (Å²) in [5.41, 5.74) is 4.76. The molecule has 2 aromatic carbocycles. The fourth-order valence-electron chi connectivity index (χ4n) is 3.35. The predicted octanol–water partition coefficient (Wildman–Crippen LogP) is 4.93. The Hall–Kier alpha value is -2.44. The van der Waals surface area contributed by atoms with Gasteiger partial charge in [-0.1, -0.05) is 29.8 Å². The first-order valence-electron chi connectivity index (χ1n) is 8.89. The van der Waals surface area contributed by atoms with Gasteiger partial charge in [0, 0.05) is 10.6 Å². The molecule has 0 saturated carbocycles. The number of ether oxygens (including phenoxy) is 1. The van der Waals surface area contributed by atoms with Crippen molar-refractivity contribution >= 4 is 35.1 Å². The second-order valence-electron chi connectivity index (χ2n) is 6.71. The average molecular weight is 414 g/mol. The van der Waals surface area contributed by atoms with Gasteiger partial charge in [-0.2, -0.15) is 5.10 Å². The molecule has 0 unspecified atom stereocenters.